The van der Waals surface area contributed by atoms with Crippen molar-refractivity contribution in [3.8, 4) is 0 Å². The SMILES string of the molecule is Cc1cccc(C)c1NC(=O)c1cc(N2CCc3ccccc3C2)ncn1. The molecule has 0 spiro atoms. The Balaban J connectivity index is 1.55. The highest BCUT2D eigenvalue weighted by Gasteiger charge is 2.19. The fraction of sp³-hybridized carbons (Fsp3) is 0.227. The Morgan fingerprint density at radius 1 is 1.00 bits per heavy atom. The maximum atomic E-state index is 12.7. The van der Waals surface area contributed by atoms with Crippen molar-refractivity contribution in [3.05, 3.63) is 82.8 Å². The molecule has 0 bridgehead atoms. The van der Waals surface area contributed by atoms with Crippen LogP contribution in [0.15, 0.2) is 54.9 Å². The van der Waals surface area contributed by atoms with E-state index in [2.05, 4.69) is 44.5 Å². The number of nitrogens with one attached hydrogen (secondary N) is 1. The number of benzene rings is 2. The average Bonchev–Trinajstić information content (AvgIpc) is 2.70. The molecule has 0 unspecified atom stereocenters. The van der Waals surface area contributed by atoms with Gasteiger partial charge in [0, 0.05) is 24.8 Å². The van der Waals surface area contributed by atoms with Gasteiger partial charge in [-0.2, -0.15) is 0 Å². The molecular formula is C22H22N4O. The first-order chi connectivity index (χ1) is 13.1. The van der Waals surface area contributed by atoms with E-state index in [0.29, 0.717) is 5.69 Å². The number of anilines is 2. The normalized spacial score (nSPS) is 13.2. The maximum absolute atomic E-state index is 12.7. The number of rotatable bonds is 3. The molecule has 5 nitrogen and oxygen atoms in total. The minimum Gasteiger partial charge on any atom is -0.352 e. The second kappa shape index (κ2) is 7.19. The predicted molar refractivity (Wildman–Crippen MR) is 107 cm³/mol. The molecule has 1 amide bonds. The van der Waals surface area contributed by atoms with Crippen LogP contribution in [-0.2, 0) is 13.0 Å². The van der Waals surface area contributed by atoms with E-state index in [1.165, 1.54) is 17.5 Å². The molecule has 1 aliphatic rings. The first kappa shape index (κ1) is 17.2. The topological polar surface area (TPSA) is 58.1 Å². The number of amides is 1. The number of aromatic nitrogens is 2. The van der Waals surface area contributed by atoms with Gasteiger partial charge in [-0.1, -0.05) is 42.5 Å². The molecule has 1 aliphatic heterocycles. The molecule has 1 N–H and O–H groups in total. The summed E-state index contributed by atoms with van der Waals surface area (Å²) >= 11 is 0. The number of para-hydroxylation sites is 1. The van der Waals surface area contributed by atoms with Crippen LogP contribution in [0.3, 0.4) is 0 Å². The minimum absolute atomic E-state index is 0.214. The second-order valence-corrected chi connectivity index (χ2v) is 6.92. The molecule has 136 valence electrons. The van der Waals surface area contributed by atoms with E-state index in [9.17, 15) is 4.79 Å². The van der Waals surface area contributed by atoms with Crippen molar-refractivity contribution in [3.63, 3.8) is 0 Å². The first-order valence-corrected chi connectivity index (χ1v) is 9.13. The third-order valence-electron chi connectivity index (χ3n) is 5.06. The zero-order valence-electron chi connectivity index (χ0n) is 15.6. The van der Waals surface area contributed by atoms with Crippen molar-refractivity contribution >= 4 is 17.4 Å². The highest BCUT2D eigenvalue weighted by atomic mass is 16.1. The van der Waals surface area contributed by atoms with Crippen molar-refractivity contribution < 1.29 is 4.79 Å². The van der Waals surface area contributed by atoms with Crippen molar-refractivity contribution in [1.82, 2.24) is 9.97 Å². The van der Waals surface area contributed by atoms with E-state index in [1.807, 2.05) is 32.0 Å². The lowest BCUT2D eigenvalue weighted by Gasteiger charge is -2.29. The number of nitrogens with zero attached hydrogens (tertiary/aromatic N) is 3. The third-order valence-corrected chi connectivity index (χ3v) is 5.06. The summed E-state index contributed by atoms with van der Waals surface area (Å²) in [6, 6.07) is 16.2. The molecule has 1 aromatic heterocycles. The van der Waals surface area contributed by atoms with Gasteiger partial charge in [-0.15, -0.1) is 0 Å². The Labute approximate surface area is 159 Å². The van der Waals surface area contributed by atoms with Crippen molar-refractivity contribution in [2.45, 2.75) is 26.8 Å². The molecule has 0 fully saturated rings. The van der Waals surface area contributed by atoms with Crippen LogP contribution in [0.2, 0.25) is 0 Å². The van der Waals surface area contributed by atoms with Crippen LogP contribution in [0, 0.1) is 13.8 Å². The van der Waals surface area contributed by atoms with Crippen LogP contribution in [0.4, 0.5) is 11.5 Å². The molecule has 2 aromatic carbocycles. The average molecular weight is 358 g/mol. The summed E-state index contributed by atoms with van der Waals surface area (Å²) in [5.74, 6) is 0.569. The summed E-state index contributed by atoms with van der Waals surface area (Å²) in [4.78, 5) is 23.5. The van der Waals surface area contributed by atoms with Gasteiger partial charge in [0.25, 0.3) is 5.91 Å². The van der Waals surface area contributed by atoms with Gasteiger partial charge in [0.1, 0.15) is 17.8 Å². The van der Waals surface area contributed by atoms with Crippen molar-refractivity contribution in [2.75, 3.05) is 16.8 Å². The van der Waals surface area contributed by atoms with Crippen LogP contribution < -0.4 is 10.2 Å². The smallest absolute Gasteiger partial charge is 0.274 e. The fourth-order valence-corrected chi connectivity index (χ4v) is 3.52. The van der Waals surface area contributed by atoms with Gasteiger partial charge in [0.05, 0.1) is 0 Å². The van der Waals surface area contributed by atoms with E-state index in [1.54, 1.807) is 6.07 Å². The van der Waals surface area contributed by atoms with Crippen LogP contribution in [0.1, 0.15) is 32.7 Å². The van der Waals surface area contributed by atoms with Crippen molar-refractivity contribution in [2.24, 2.45) is 0 Å². The lowest BCUT2D eigenvalue weighted by Crippen LogP contribution is -2.31. The van der Waals surface area contributed by atoms with Crippen LogP contribution in [0.5, 0.6) is 0 Å². The molecule has 0 atom stereocenters. The van der Waals surface area contributed by atoms with Crippen molar-refractivity contribution in [1.29, 1.82) is 0 Å². The molecule has 0 aliphatic carbocycles. The van der Waals surface area contributed by atoms with Gasteiger partial charge < -0.3 is 10.2 Å². The summed E-state index contributed by atoms with van der Waals surface area (Å²) in [5.41, 5.74) is 5.98. The van der Waals surface area contributed by atoms with Crippen LogP contribution >= 0.6 is 0 Å². The van der Waals surface area contributed by atoms with Crippen LogP contribution in [0.25, 0.3) is 0 Å². The number of carbonyl (C=O) groups excluding carboxylic acids is 1. The summed E-state index contributed by atoms with van der Waals surface area (Å²) in [6.45, 7) is 5.65. The molecule has 0 saturated carbocycles. The highest BCUT2D eigenvalue weighted by molar-refractivity contribution is 6.04. The number of hydrogen-bond acceptors (Lipinski definition) is 4. The monoisotopic (exact) mass is 358 g/mol. The maximum Gasteiger partial charge on any atom is 0.274 e. The zero-order chi connectivity index (χ0) is 18.8. The number of aryl methyl sites for hydroxylation is 2. The highest BCUT2D eigenvalue weighted by Crippen LogP contribution is 2.24. The second-order valence-electron chi connectivity index (χ2n) is 6.92. The van der Waals surface area contributed by atoms with E-state index >= 15 is 0 Å². The van der Waals surface area contributed by atoms with Gasteiger partial charge in [-0.05, 0) is 42.5 Å². The van der Waals surface area contributed by atoms with Crippen LogP contribution in [-0.4, -0.2) is 22.4 Å². The Bertz CT molecular complexity index is 979. The number of carbonyl (C=O) groups is 1. The van der Waals surface area contributed by atoms with Gasteiger partial charge >= 0.3 is 0 Å². The molecule has 3 aromatic rings. The molecule has 27 heavy (non-hydrogen) atoms. The first-order valence-electron chi connectivity index (χ1n) is 9.13. The van der Waals surface area contributed by atoms with E-state index in [0.717, 1.165) is 42.1 Å². The summed E-state index contributed by atoms with van der Waals surface area (Å²) in [7, 11) is 0. The van der Waals surface area contributed by atoms with Gasteiger partial charge in [0.15, 0.2) is 0 Å². The Morgan fingerprint density at radius 2 is 1.74 bits per heavy atom. The van der Waals surface area contributed by atoms with E-state index in [-0.39, 0.29) is 5.91 Å². The zero-order valence-corrected chi connectivity index (χ0v) is 15.6. The van der Waals surface area contributed by atoms with Gasteiger partial charge in [-0.25, -0.2) is 9.97 Å². The molecule has 2 heterocycles. The summed E-state index contributed by atoms with van der Waals surface area (Å²) in [6.07, 6.45) is 2.44. The van der Waals surface area contributed by atoms with E-state index in [4.69, 9.17) is 0 Å². The Morgan fingerprint density at radius 3 is 2.52 bits per heavy atom. The quantitative estimate of drug-likeness (QED) is 0.771. The summed E-state index contributed by atoms with van der Waals surface area (Å²) < 4.78 is 0. The number of hydrogen-bond donors (Lipinski definition) is 1. The standard InChI is InChI=1S/C22H22N4O/c1-15-6-5-7-16(2)21(15)25-22(27)19-12-20(24-14-23-19)26-11-10-17-8-3-4-9-18(17)13-26/h3-9,12,14H,10-11,13H2,1-2H3,(H,25,27). The van der Waals surface area contributed by atoms with Gasteiger partial charge in [-0.3, -0.25) is 4.79 Å². The fourth-order valence-electron chi connectivity index (χ4n) is 3.52. The Kier molecular flexibility index (Phi) is 4.59. The lowest BCUT2D eigenvalue weighted by molar-refractivity contribution is 0.102. The number of fused-ring (bicyclic) bond motifs is 1. The predicted octanol–water partition coefficient (Wildman–Crippen LogP) is 3.91. The molecule has 4 rings (SSSR count). The molecule has 0 radical (unpaired) electrons. The Hall–Kier alpha value is -3.21. The lowest BCUT2D eigenvalue weighted by atomic mass is 10.00. The molecule has 5 heteroatoms. The largest absolute Gasteiger partial charge is 0.352 e. The third kappa shape index (κ3) is 3.53. The van der Waals surface area contributed by atoms with E-state index < -0.39 is 0 Å². The summed E-state index contributed by atoms with van der Waals surface area (Å²) in [5, 5.41) is 2.99. The molecular weight excluding hydrogens is 336 g/mol. The minimum atomic E-state index is -0.214. The van der Waals surface area contributed by atoms with Gasteiger partial charge in [0.2, 0.25) is 0 Å². The molecule has 0 saturated heterocycles.